The molecule has 0 saturated carbocycles. The summed E-state index contributed by atoms with van der Waals surface area (Å²) in [6, 6.07) is 7.14. The molecule has 1 aliphatic rings. The Labute approximate surface area is 117 Å². The number of benzene rings is 1. The van der Waals surface area contributed by atoms with Crippen molar-refractivity contribution in [1.29, 1.82) is 0 Å². The van der Waals surface area contributed by atoms with Crippen molar-refractivity contribution in [3.8, 4) is 0 Å². The highest BCUT2D eigenvalue weighted by Crippen LogP contribution is 2.29. The summed E-state index contributed by atoms with van der Waals surface area (Å²) in [6.07, 6.45) is 2.15. The van der Waals surface area contributed by atoms with Gasteiger partial charge in [-0.2, -0.15) is 0 Å². The van der Waals surface area contributed by atoms with Crippen molar-refractivity contribution in [3.05, 3.63) is 29.8 Å². The van der Waals surface area contributed by atoms with Crippen LogP contribution in [0.2, 0.25) is 0 Å². The van der Waals surface area contributed by atoms with Crippen LogP contribution in [0, 0.1) is 0 Å². The third-order valence-electron chi connectivity index (χ3n) is 3.43. The second kappa shape index (κ2) is 5.65. The number of nitrogens with one attached hydrogen (secondary N) is 1. The lowest BCUT2D eigenvalue weighted by Gasteiger charge is -2.29. The van der Waals surface area contributed by atoms with Crippen LogP contribution in [0.5, 0.6) is 0 Å². The molecule has 2 rings (SSSR count). The summed E-state index contributed by atoms with van der Waals surface area (Å²) in [5, 5.41) is 4.24. The van der Waals surface area contributed by atoms with Crippen LogP contribution in [0.3, 0.4) is 0 Å². The fourth-order valence-corrected chi connectivity index (χ4v) is 3.07. The molecule has 0 aliphatic carbocycles. The number of rotatable bonds is 3. The molecule has 1 aromatic rings. The van der Waals surface area contributed by atoms with E-state index >= 15 is 0 Å². The zero-order chi connectivity index (χ0) is 13.9. The molecular weight excluding hydrogens is 258 g/mol. The summed E-state index contributed by atoms with van der Waals surface area (Å²) in [7, 11) is 0. The van der Waals surface area contributed by atoms with E-state index in [1.807, 2.05) is 12.1 Å². The van der Waals surface area contributed by atoms with Gasteiger partial charge in [0.1, 0.15) is 0 Å². The first-order chi connectivity index (χ1) is 9.02. The van der Waals surface area contributed by atoms with Crippen LogP contribution in [-0.2, 0) is 0 Å². The van der Waals surface area contributed by atoms with E-state index in [-0.39, 0.29) is 5.54 Å². The van der Waals surface area contributed by atoms with Gasteiger partial charge in [-0.25, -0.2) is 0 Å². The maximum Gasteiger partial charge on any atom is 0.248 e. The summed E-state index contributed by atoms with van der Waals surface area (Å²) < 4.78 is 0. The molecule has 5 heteroatoms. The van der Waals surface area contributed by atoms with Crippen LogP contribution in [-0.4, -0.2) is 22.4 Å². The molecule has 0 aromatic heterocycles. The summed E-state index contributed by atoms with van der Waals surface area (Å²) in [4.78, 5) is 15.8. The molecule has 19 heavy (non-hydrogen) atoms. The summed E-state index contributed by atoms with van der Waals surface area (Å²) in [6.45, 7) is 4.35. The van der Waals surface area contributed by atoms with E-state index in [2.05, 4.69) is 19.2 Å². The summed E-state index contributed by atoms with van der Waals surface area (Å²) in [5.41, 5.74) is 6.70. The number of nitrogens with two attached hydrogens (primary N) is 1. The van der Waals surface area contributed by atoms with Gasteiger partial charge in [0.2, 0.25) is 5.91 Å². The SMILES string of the molecule is CCC1(C)CCSC(Nc2ccc(C(N)=O)cc2)=N1. The predicted octanol–water partition coefficient (Wildman–Crippen LogP) is 2.86. The fourth-order valence-electron chi connectivity index (χ4n) is 1.86. The Morgan fingerprint density at radius 3 is 2.74 bits per heavy atom. The smallest absolute Gasteiger partial charge is 0.248 e. The van der Waals surface area contributed by atoms with Gasteiger partial charge < -0.3 is 11.1 Å². The molecule has 1 unspecified atom stereocenters. The standard InChI is InChI=1S/C14H19N3OS/c1-3-14(2)8-9-19-13(17-14)16-11-6-4-10(5-7-11)12(15)18/h4-7H,3,8-9H2,1-2H3,(H2,15,18)(H,16,17). The molecule has 1 amide bonds. The van der Waals surface area contributed by atoms with Crippen LogP contribution in [0.25, 0.3) is 0 Å². The number of primary amides is 1. The molecule has 0 spiro atoms. The van der Waals surface area contributed by atoms with E-state index in [0.717, 1.165) is 29.4 Å². The maximum absolute atomic E-state index is 11.0. The second-order valence-corrected chi connectivity index (χ2v) is 6.02. The maximum atomic E-state index is 11.0. The number of amides is 1. The van der Waals surface area contributed by atoms with Crippen LogP contribution in [0.15, 0.2) is 29.3 Å². The molecule has 0 saturated heterocycles. The van der Waals surface area contributed by atoms with Gasteiger partial charge in [-0.15, -0.1) is 0 Å². The van der Waals surface area contributed by atoms with E-state index in [1.165, 1.54) is 0 Å². The first kappa shape index (κ1) is 13.9. The van der Waals surface area contributed by atoms with Gasteiger partial charge >= 0.3 is 0 Å². The van der Waals surface area contributed by atoms with Crippen molar-refractivity contribution in [2.75, 3.05) is 11.1 Å². The highest BCUT2D eigenvalue weighted by atomic mass is 32.2. The highest BCUT2D eigenvalue weighted by molar-refractivity contribution is 8.14. The van der Waals surface area contributed by atoms with Gasteiger partial charge in [0.05, 0.1) is 5.54 Å². The Morgan fingerprint density at radius 1 is 1.47 bits per heavy atom. The molecular formula is C14H19N3OS. The monoisotopic (exact) mass is 277 g/mol. The predicted molar refractivity (Wildman–Crippen MR) is 81.8 cm³/mol. The molecule has 1 aromatic carbocycles. The van der Waals surface area contributed by atoms with Gasteiger partial charge in [-0.1, -0.05) is 18.7 Å². The number of thioether (sulfide) groups is 1. The quantitative estimate of drug-likeness (QED) is 0.892. The van der Waals surface area contributed by atoms with Crippen molar-refractivity contribution >= 4 is 28.5 Å². The zero-order valence-corrected chi connectivity index (χ0v) is 12.1. The zero-order valence-electron chi connectivity index (χ0n) is 11.3. The Bertz CT molecular complexity index is 498. The molecule has 1 atom stereocenters. The van der Waals surface area contributed by atoms with Gasteiger partial charge in [-0.05, 0) is 44.0 Å². The number of nitrogens with zero attached hydrogens (tertiary/aromatic N) is 1. The minimum atomic E-state index is -0.408. The first-order valence-electron chi connectivity index (χ1n) is 6.42. The number of amidine groups is 1. The Morgan fingerprint density at radius 2 is 2.16 bits per heavy atom. The first-order valence-corrected chi connectivity index (χ1v) is 7.40. The van der Waals surface area contributed by atoms with Crippen LogP contribution in [0.1, 0.15) is 37.0 Å². The minimum absolute atomic E-state index is 0.0424. The Balaban J connectivity index is 2.10. The Kier molecular flexibility index (Phi) is 4.14. The van der Waals surface area contributed by atoms with E-state index < -0.39 is 5.91 Å². The van der Waals surface area contributed by atoms with E-state index in [4.69, 9.17) is 10.7 Å². The van der Waals surface area contributed by atoms with Crippen molar-refractivity contribution in [3.63, 3.8) is 0 Å². The molecule has 102 valence electrons. The lowest BCUT2D eigenvalue weighted by atomic mass is 9.97. The van der Waals surface area contributed by atoms with Crippen molar-refractivity contribution in [2.45, 2.75) is 32.2 Å². The average molecular weight is 277 g/mol. The number of hydrogen-bond donors (Lipinski definition) is 2. The number of carbonyl (C=O) groups is 1. The number of carbonyl (C=O) groups excluding carboxylic acids is 1. The number of aliphatic imine (C=N–C) groups is 1. The molecule has 4 nitrogen and oxygen atoms in total. The number of anilines is 1. The van der Waals surface area contributed by atoms with Crippen molar-refractivity contribution in [1.82, 2.24) is 0 Å². The Hall–Kier alpha value is -1.49. The lowest BCUT2D eigenvalue weighted by molar-refractivity contribution is 0.100. The minimum Gasteiger partial charge on any atom is -0.366 e. The molecule has 0 radical (unpaired) electrons. The molecule has 0 fully saturated rings. The summed E-state index contributed by atoms with van der Waals surface area (Å²) in [5.74, 6) is 0.671. The van der Waals surface area contributed by atoms with E-state index in [9.17, 15) is 4.79 Å². The molecule has 0 bridgehead atoms. The van der Waals surface area contributed by atoms with E-state index in [1.54, 1.807) is 23.9 Å². The normalized spacial score (nSPS) is 22.7. The highest BCUT2D eigenvalue weighted by Gasteiger charge is 2.25. The molecule has 3 N–H and O–H groups in total. The fraction of sp³-hybridized carbons (Fsp3) is 0.429. The van der Waals surface area contributed by atoms with Gasteiger partial charge in [-0.3, -0.25) is 9.79 Å². The van der Waals surface area contributed by atoms with Gasteiger partial charge in [0, 0.05) is 17.0 Å². The average Bonchev–Trinajstić information content (AvgIpc) is 2.39. The topological polar surface area (TPSA) is 67.5 Å². The van der Waals surface area contributed by atoms with Gasteiger partial charge in [0.25, 0.3) is 0 Å². The lowest BCUT2D eigenvalue weighted by Crippen LogP contribution is -2.29. The van der Waals surface area contributed by atoms with E-state index in [0.29, 0.717) is 5.56 Å². The van der Waals surface area contributed by atoms with Crippen LogP contribution >= 0.6 is 11.8 Å². The molecule has 1 aliphatic heterocycles. The van der Waals surface area contributed by atoms with Crippen molar-refractivity contribution < 1.29 is 4.79 Å². The van der Waals surface area contributed by atoms with Crippen molar-refractivity contribution in [2.24, 2.45) is 10.7 Å². The third-order valence-corrected chi connectivity index (χ3v) is 4.31. The van der Waals surface area contributed by atoms with Crippen LogP contribution in [0.4, 0.5) is 5.69 Å². The molecule has 1 heterocycles. The van der Waals surface area contributed by atoms with Crippen LogP contribution < -0.4 is 11.1 Å². The van der Waals surface area contributed by atoms with Gasteiger partial charge in [0.15, 0.2) is 5.17 Å². The second-order valence-electron chi connectivity index (χ2n) is 4.93. The number of hydrogen-bond acceptors (Lipinski definition) is 4. The summed E-state index contributed by atoms with van der Waals surface area (Å²) >= 11 is 1.73. The largest absolute Gasteiger partial charge is 0.366 e. The third kappa shape index (κ3) is 3.50.